The van der Waals surface area contributed by atoms with Crippen LogP contribution in [0.1, 0.15) is 118 Å². The van der Waals surface area contributed by atoms with Gasteiger partial charge in [-0.1, -0.05) is 112 Å². The highest BCUT2D eigenvalue weighted by atomic mass is 16.5. The Labute approximate surface area is 713 Å². The van der Waals surface area contributed by atoms with E-state index in [-0.39, 0.29) is 0 Å². The Kier molecular flexibility index (Phi) is 28.9. The van der Waals surface area contributed by atoms with Crippen LogP contribution in [-0.2, 0) is 6.42 Å². The quantitative estimate of drug-likeness (QED) is 0.0735. The molecule has 0 radical (unpaired) electrons. The number of aromatic nitrogens is 18. The van der Waals surface area contributed by atoms with E-state index in [9.17, 15) is 0 Å². The number of pyridine rings is 6. The zero-order valence-corrected chi connectivity index (χ0v) is 71.1. The van der Waals surface area contributed by atoms with Crippen molar-refractivity contribution in [3.63, 3.8) is 0 Å². The van der Waals surface area contributed by atoms with E-state index in [4.69, 9.17) is 32.9 Å². The van der Waals surface area contributed by atoms with Crippen LogP contribution in [0, 0.1) is 83.1 Å². The lowest BCUT2D eigenvalue weighted by Crippen LogP contribution is -1.90. The first-order chi connectivity index (χ1) is 59.7. The van der Waals surface area contributed by atoms with Crippen molar-refractivity contribution < 1.29 is 27.1 Å². The van der Waals surface area contributed by atoms with Crippen LogP contribution >= 0.6 is 0 Å². The molecule has 0 spiro atoms. The molecule has 618 valence electrons. The topological polar surface area (TPSA) is 337 Å². The first-order valence-corrected chi connectivity index (χ1v) is 40.5. The number of benzene rings is 6. The number of nitrogen functional groups attached to an aromatic ring is 1. The van der Waals surface area contributed by atoms with Crippen LogP contribution in [-0.4, -0.2) is 90.7 Å². The van der Waals surface area contributed by atoms with Gasteiger partial charge in [0, 0.05) is 135 Å². The number of anilines is 1. The van der Waals surface area contributed by atoms with Crippen molar-refractivity contribution in [1.82, 2.24) is 90.7 Å². The van der Waals surface area contributed by atoms with E-state index in [0.29, 0.717) is 76.1 Å². The molecule has 18 rings (SSSR count). The lowest BCUT2D eigenvalue weighted by Gasteiger charge is -2.03. The second kappa shape index (κ2) is 41.5. The molecule has 0 fully saturated rings. The van der Waals surface area contributed by atoms with Gasteiger partial charge >= 0.3 is 0 Å². The molecular weight excluding hydrogens is 1540 g/mol. The van der Waals surface area contributed by atoms with Crippen LogP contribution in [0.4, 0.5) is 5.82 Å². The normalized spacial score (nSPS) is 10.7. The number of rotatable bonds is 19. The van der Waals surface area contributed by atoms with E-state index in [1.165, 1.54) is 99.7 Å². The summed E-state index contributed by atoms with van der Waals surface area (Å²) in [6, 6.07) is 57.6. The Morgan fingerprint density at radius 2 is 0.610 bits per heavy atom. The van der Waals surface area contributed by atoms with Gasteiger partial charge in [-0.15, -0.1) is 0 Å². The van der Waals surface area contributed by atoms with E-state index in [1.807, 2.05) is 105 Å². The lowest BCUT2D eigenvalue weighted by molar-refractivity contribution is 0.432. The molecule has 18 aromatic rings. The van der Waals surface area contributed by atoms with Gasteiger partial charge in [-0.2, -0.15) is 29.9 Å². The molecule has 0 aliphatic carbocycles. The fourth-order valence-electron chi connectivity index (χ4n) is 12.5. The second-order valence-corrected chi connectivity index (χ2v) is 29.9. The van der Waals surface area contributed by atoms with E-state index >= 15 is 0 Å². The standard InChI is InChI=1S/C21H25N3O.2C16H15N3O.C15H14N4O.2C15H13N3O/c1-2-3-4-5-6-7-8-17-9-11-19(12-10-17)21-23-20(24-25-21)18-13-15-22-16-14-18;1-10-6-14(9-17-8-10)15-18-16(20-19-15)13-5-4-11(2)12(3)7-13;1-10-4-5-13(8-11(10)2)16-18-15(19-20-16)14-6-7-17-9-12(14)3;1-9-3-4-12(7-10(9)2)15-18-14(19-20-15)11-5-6-17-13(16)8-11;2*1-10-5-6-12(8-11(10)2)15-17-14(18-19-15)13-4-3-7-16-9-13/h9-16H,2-8H2,1H3;2*4-9H,1-3H3;3-8H,1-2H3,(H2,16,17);2*3-9H,1-2H3. The molecule has 0 saturated carbocycles. The van der Waals surface area contributed by atoms with Gasteiger partial charge in [0.2, 0.25) is 34.9 Å². The number of hydrogen-bond donors (Lipinski definition) is 1. The number of unbranched alkanes of at least 4 members (excludes halogenated alkanes) is 5. The largest absolute Gasteiger partial charge is 0.384 e. The summed E-state index contributed by atoms with van der Waals surface area (Å²) in [4.78, 5) is 50.9. The molecule has 25 heteroatoms. The summed E-state index contributed by atoms with van der Waals surface area (Å²) in [7, 11) is 0. The van der Waals surface area contributed by atoms with E-state index < -0.39 is 0 Å². The predicted molar refractivity (Wildman–Crippen MR) is 476 cm³/mol. The third-order valence-electron chi connectivity index (χ3n) is 20.6. The molecule has 0 unspecified atom stereocenters. The van der Waals surface area contributed by atoms with Crippen molar-refractivity contribution >= 4 is 5.82 Å². The minimum Gasteiger partial charge on any atom is -0.384 e. The number of hydrogen-bond acceptors (Lipinski definition) is 25. The third-order valence-corrected chi connectivity index (χ3v) is 20.6. The first kappa shape index (κ1) is 85.7. The monoisotopic (exact) mass is 1630 g/mol. The Balaban J connectivity index is 0.000000127. The maximum Gasteiger partial charge on any atom is 0.258 e. The molecule has 2 N–H and O–H groups in total. The molecule has 25 nitrogen and oxygen atoms in total. The molecule has 123 heavy (non-hydrogen) atoms. The van der Waals surface area contributed by atoms with Crippen molar-refractivity contribution in [3.05, 3.63) is 316 Å². The van der Waals surface area contributed by atoms with Crippen LogP contribution < -0.4 is 5.73 Å². The maximum absolute atomic E-state index is 5.65. The molecule has 12 heterocycles. The average molecular weight is 1630 g/mol. The molecule has 0 amide bonds. The summed E-state index contributed by atoms with van der Waals surface area (Å²) in [5.41, 5.74) is 32.2. The fraction of sp³-hybridized carbons (Fsp3) is 0.204. The molecule has 0 atom stereocenters. The summed E-state index contributed by atoms with van der Waals surface area (Å²) in [5, 5.41) is 24.1. The van der Waals surface area contributed by atoms with E-state index in [1.54, 1.807) is 80.3 Å². The summed E-state index contributed by atoms with van der Waals surface area (Å²) >= 11 is 0. The summed E-state index contributed by atoms with van der Waals surface area (Å²) in [6.07, 6.45) is 28.1. The minimum absolute atomic E-state index is 0.431. The molecule has 0 aliphatic heterocycles. The fourth-order valence-corrected chi connectivity index (χ4v) is 12.5. The number of nitrogens with two attached hydrogens (primary N) is 1. The highest BCUT2D eigenvalue weighted by molar-refractivity contribution is 5.67. The van der Waals surface area contributed by atoms with Gasteiger partial charge in [-0.05, 0) is 302 Å². The molecule has 0 aliphatic rings. The highest BCUT2D eigenvalue weighted by Crippen LogP contribution is 2.32. The zero-order valence-electron chi connectivity index (χ0n) is 71.1. The second-order valence-electron chi connectivity index (χ2n) is 29.9. The predicted octanol–water partition coefficient (Wildman–Crippen LogP) is 23.0. The van der Waals surface area contributed by atoms with E-state index in [2.05, 4.69) is 240 Å². The smallest absolute Gasteiger partial charge is 0.258 e. The lowest BCUT2D eigenvalue weighted by atomic mass is 10.0. The SMILES string of the molecule is CCCCCCCCc1ccc(-c2nc(-c3ccncc3)no2)cc1.Cc1ccc(-c2nc(-c3cccnc3)no2)cc1C.Cc1ccc(-c2nc(-c3cccnc3)no2)cc1C.Cc1ccc(-c2nc(-c3ccnc(N)c3)no2)cc1C.Cc1ccc(-c2nc(-c3ccncc3C)no2)cc1C.Cc1cncc(-c2noc(-c3ccc(C)c(C)c3)n2)c1. The molecule has 12 aromatic heterocycles. The molecular formula is C98H95N19O6. The minimum atomic E-state index is 0.431. The van der Waals surface area contributed by atoms with Crippen molar-refractivity contribution in [3.8, 4) is 137 Å². The van der Waals surface area contributed by atoms with Crippen LogP contribution in [0.2, 0.25) is 0 Å². The van der Waals surface area contributed by atoms with Crippen LogP contribution in [0.3, 0.4) is 0 Å². The summed E-state index contributed by atoms with van der Waals surface area (Å²) < 4.78 is 32.1. The van der Waals surface area contributed by atoms with Crippen LogP contribution in [0.25, 0.3) is 137 Å². The Bertz CT molecular complexity index is 6200. The van der Waals surface area contributed by atoms with Gasteiger partial charge in [0.15, 0.2) is 0 Å². The van der Waals surface area contributed by atoms with Crippen LogP contribution in [0.5, 0.6) is 0 Å². The molecule has 0 saturated heterocycles. The van der Waals surface area contributed by atoms with Gasteiger partial charge in [0.25, 0.3) is 35.3 Å². The van der Waals surface area contributed by atoms with Crippen molar-refractivity contribution in [2.75, 3.05) is 5.73 Å². The van der Waals surface area contributed by atoms with Crippen LogP contribution in [0.15, 0.2) is 271 Å². The summed E-state index contributed by atoms with van der Waals surface area (Å²) in [6.45, 7) is 26.9. The highest BCUT2D eigenvalue weighted by Gasteiger charge is 2.19. The Morgan fingerprint density at radius 3 is 1.02 bits per heavy atom. The van der Waals surface area contributed by atoms with Gasteiger partial charge in [0.05, 0.1) is 0 Å². The number of nitrogens with zero attached hydrogens (tertiary/aromatic N) is 18. The van der Waals surface area contributed by atoms with Crippen molar-refractivity contribution in [1.29, 1.82) is 0 Å². The van der Waals surface area contributed by atoms with E-state index in [0.717, 1.165) is 84.3 Å². The summed E-state index contributed by atoms with van der Waals surface area (Å²) in [5.74, 6) is 6.99. The van der Waals surface area contributed by atoms with Gasteiger partial charge < -0.3 is 32.9 Å². The Morgan fingerprint density at radius 1 is 0.252 bits per heavy atom. The Hall–Kier alpha value is -15.1. The third kappa shape index (κ3) is 23.2. The molecule has 6 aromatic carbocycles. The van der Waals surface area contributed by atoms with Crippen molar-refractivity contribution in [2.45, 2.75) is 135 Å². The van der Waals surface area contributed by atoms with Crippen molar-refractivity contribution in [2.24, 2.45) is 0 Å². The zero-order chi connectivity index (χ0) is 86.1. The first-order valence-electron chi connectivity index (χ1n) is 40.5. The van der Waals surface area contributed by atoms with Gasteiger partial charge in [-0.3, -0.25) is 24.9 Å². The average Bonchev–Trinajstić information content (AvgIpc) is 1.69. The van der Waals surface area contributed by atoms with Gasteiger partial charge in [-0.25, -0.2) is 4.98 Å². The number of aryl methyl sites for hydroxylation is 13. The molecule has 0 bridgehead atoms. The maximum atomic E-state index is 5.65. The van der Waals surface area contributed by atoms with Gasteiger partial charge in [0.1, 0.15) is 5.82 Å².